The van der Waals surface area contributed by atoms with Crippen molar-refractivity contribution in [2.24, 2.45) is 0 Å². The van der Waals surface area contributed by atoms with Gasteiger partial charge in [0.25, 0.3) is 11.8 Å². The Labute approximate surface area is 142 Å². The van der Waals surface area contributed by atoms with Gasteiger partial charge in [-0.3, -0.25) is 9.59 Å². The van der Waals surface area contributed by atoms with Crippen molar-refractivity contribution < 1.29 is 24.0 Å². The van der Waals surface area contributed by atoms with Gasteiger partial charge in [-0.2, -0.15) is 0 Å². The Hall–Kier alpha value is -2.86. The van der Waals surface area contributed by atoms with E-state index in [1.165, 1.54) is 19.1 Å². The van der Waals surface area contributed by atoms with Crippen molar-refractivity contribution in [3.8, 4) is 5.75 Å². The van der Waals surface area contributed by atoms with Crippen molar-refractivity contribution in [3.05, 3.63) is 64.7 Å². The second-order valence-corrected chi connectivity index (χ2v) is 5.46. The fourth-order valence-electron chi connectivity index (χ4n) is 2.19. The molecule has 0 aliphatic carbocycles. The number of para-hydroxylation sites is 1. The van der Waals surface area contributed by atoms with Crippen molar-refractivity contribution in [1.29, 1.82) is 0 Å². The van der Waals surface area contributed by atoms with Crippen molar-refractivity contribution in [1.82, 2.24) is 5.06 Å². The summed E-state index contributed by atoms with van der Waals surface area (Å²) in [5.74, 6) is -1.96. The molecule has 122 valence electrons. The Morgan fingerprint density at radius 3 is 2.12 bits per heavy atom. The maximum atomic E-state index is 12.1. The lowest BCUT2D eigenvalue weighted by Crippen LogP contribution is -2.37. The summed E-state index contributed by atoms with van der Waals surface area (Å²) in [5, 5.41) is 0.775. The van der Waals surface area contributed by atoms with Crippen LogP contribution < -0.4 is 4.74 Å². The molecule has 1 aliphatic rings. The number of fused-ring (bicyclic) bond motifs is 1. The molecule has 2 aromatic rings. The fourth-order valence-corrected chi connectivity index (χ4v) is 2.37. The van der Waals surface area contributed by atoms with Crippen LogP contribution in [-0.2, 0) is 9.63 Å². The molecule has 0 N–H and O–H groups in total. The van der Waals surface area contributed by atoms with E-state index in [4.69, 9.17) is 21.2 Å². The summed E-state index contributed by atoms with van der Waals surface area (Å²) in [5.41, 5.74) is 0.380. The van der Waals surface area contributed by atoms with Gasteiger partial charge in [-0.15, -0.1) is 0 Å². The smallest absolute Gasteiger partial charge is 0.373 e. The molecule has 24 heavy (non-hydrogen) atoms. The summed E-state index contributed by atoms with van der Waals surface area (Å²) >= 11 is 5.95. The Morgan fingerprint density at radius 1 is 1.00 bits per heavy atom. The minimum absolute atomic E-state index is 0.190. The number of rotatable bonds is 4. The number of hydrogen-bond donors (Lipinski definition) is 0. The second-order valence-electron chi connectivity index (χ2n) is 5.05. The molecule has 0 saturated heterocycles. The zero-order valence-corrected chi connectivity index (χ0v) is 13.3. The maximum Gasteiger partial charge on any atom is 0.373 e. The molecule has 7 heteroatoms. The van der Waals surface area contributed by atoms with Gasteiger partial charge in [0.05, 0.1) is 16.1 Å². The lowest BCUT2D eigenvalue weighted by molar-refractivity contribution is -0.176. The molecular weight excluding hydrogens is 334 g/mol. The molecule has 1 unspecified atom stereocenters. The molecular formula is C17H12ClNO5. The molecule has 1 aliphatic heterocycles. The molecule has 0 fully saturated rings. The number of imide groups is 1. The Morgan fingerprint density at radius 2 is 1.54 bits per heavy atom. The predicted molar refractivity (Wildman–Crippen MR) is 84.6 cm³/mol. The monoisotopic (exact) mass is 345 g/mol. The average molecular weight is 346 g/mol. The first-order valence-electron chi connectivity index (χ1n) is 7.10. The van der Waals surface area contributed by atoms with Crippen LogP contribution in [0.3, 0.4) is 0 Å². The number of carbonyl (C=O) groups is 3. The lowest BCUT2D eigenvalue weighted by Gasteiger charge is -2.17. The van der Waals surface area contributed by atoms with Crippen molar-refractivity contribution in [2.75, 3.05) is 0 Å². The molecule has 0 aromatic heterocycles. The number of carbonyl (C=O) groups excluding carboxylic acids is 3. The maximum absolute atomic E-state index is 12.1. The first-order valence-corrected chi connectivity index (χ1v) is 7.47. The van der Waals surface area contributed by atoms with Gasteiger partial charge in [0.1, 0.15) is 5.75 Å². The van der Waals surface area contributed by atoms with E-state index in [-0.39, 0.29) is 11.1 Å². The van der Waals surface area contributed by atoms with E-state index in [0.29, 0.717) is 15.8 Å². The number of ether oxygens (including phenoxy) is 1. The highest BCUT2D eigenvalue weighted by Crippen LogP contribution is 2.26. The predicted octanol–water partition coefficient (Wildman–Crippen LogP) is 2.86. The molecule has 3 rings (SSSR count). The quantitative estimate of drug-likeness (QED) is 0.797. The first kappa shape index (κ1) is 16.0. The van der Waals surface area contributed by atoms with Crippen LogP contribution in [0.25, 0.3) is 0 Å². The van der Waals surface area contributed by atoms with E-state index in [9.17, 15) is 14.4 Å². The highest BCUT2D eigenvalue weighted by molar-refractivity contribution is 6.32. The van der Waals surface area contributed by atoms with Crippen LogP contribution >= 0.6 is 11.6 Å². The van der Waals surface area contributed by atoms with Gasteiger partial charge in [-0.1, -0.05) is 40.9 Å². The van der Waals surface area contributed by atoms with Crippen LogP contribution in [-0.4, -0.2) is 29.0 Å². The SMILES string of the molecule is CC(Oc1ccccc1Cl)C(=O)ON1C(=O)c2ccccc2C1=O. The highest BCUT2D eigenvalue weighted by atomic mass is 35.5. The Kier molecular flexibility index (Phi) is 4.22. The standard InChI is InChI=1S/C17H12ClNO5/c1-10(23-14-9-5-4-8-13(14)18)17(22)24-19-15(20)11-6-2-3-7-12(11)16(19)21/h2-10H,1H3. The van der Waals surface area contributed by atoms with Crippen molar-refractivity contribution >= 4 is 29.4 Å². The van der Waals surface area contributed by atoms with E-state index in [0.717, 1.165) is 0 Å². The van der Waals surface area contributed by atoms with E-state index < -0.39 is 23.9 Å². The molecule has 0 radical (unpaired) electrons. The number of benzene rings is 2. The molecule has 1 atom stereocenters. The molecule has 2 aromatic carbocycles. The molecule has 0 saturated carbocycles. The van der Waals surface area contributed by atoms with Crippen LogP contribution in [0.15, 0.2) is 48.5 Å². The number of hydrogen-bond acceptors (Lipinski definition) is 5. The summed E-state index contributed by atoms with van der Waals surface area (Å²) in [6, 6.07) is 12.9. The van der Waals surface area contributed by atoms with Crippen LogP contribution in [0.5, 0.6) is 5.75 Å². The lowest BCUT2D eigenvalue weighted by atomic mass is 10.1. The van der Waals surface area contributed by atoms with Gasteiger partial charge in [0.2, 0.25) is 0 Å². The third-order valence-electron chi connectivity index (χ3n) is 3.41. The molecule has 6 nitrogen and oxygen atoms in total. The fraction of sp³-hybridized carbons (Fsp3) is 0.118. The number of nitrogens with zero attached hydrogens (tertiary/aromatic N) is 1. The first-order chi connectivity index (χ1) is 11.5. The highest BCUT2D eigenvalue weighted by Gasteiger charge is 2.39. The van der Waals surface area contributed by atoms with Gasteiger partial charge < -0.3 is 9.57 Å². The zero-order valence-electron chi connectivity index (χ0n) is 12.6. The van der Waals surface area contributed by atoms with Crippen LogP contribution in [0.4, 0.5) is 0 Å². The third-order valence-corrected chi connectivity index (χ3v) is 3.72. The van der Waals surface area contributed by atoms with Gasteiger partial charge >= 0.3 is 5.97 Å². The summed E-state index contributed by atoms with van der Waals surface area (Å²) in [6.07, 6.45) is -1.06. The van der Waals surface area contributed by atoms with Gasteiger partial charge in [0, 0.05) is 0 Å². The summed E-state index contributed by atoms with van der Waals surface area (Å²) < 4.78 is 5.41. The number of halogens is 1. The normalized spacial score (nSPS) is 14.3. The van der Waals surface area contributed by atoms with Crippen molar-refractivity contribution in [3.63, 3.8) is 0 Å². The number of hydroxylamine groups is 2. The summed E-state index contributed by atoms with van der Waals surface area (Å²) in [4.78, 5) is 41.3. The van der Waals surface area contributed by atoms with E-state index in [2.05, 4.69) is 0 Å². The average Bonchev–Trinajstić information content (AvgIpc) is 2.82. The molecule has 2 amide bonds. The topological polar surface area (TPSA) is 72.9 Å². The van der Waals surface area contributed by atoms with Gasteiger partial charge in [-0.05, 0) is 31.2 Å². The zero-order chi connectivity index (χ0) is 17.3. The Balaban J connectivity index is 1.70. The molecule has 0 spiro atoms. The van der Waals surface area contributed by atoms with Crippen LogP contribution in [0, 0.1) is 0 Å². The van der Waals surface area contributed by atoms with Crippen LogP contribution in [0.1, 0.15) is 27.6 Å². The van der Waals surface area contributed by atoms with Crippen molar-refractivity contribution in [2.45, 2.75) is 13.0 Å². The minimum atomic E-state index is -1.06. The van der Waals surface area contributed by atoms with E-state index in [1.54, 1.807) is 36.4 Å². The minimum Gasteiger partial charge on any atom is -0.477 e. The summed E-state index contributed by atoms with van der Waals surface area (Å²) in [7, 11) is 0. The van der Waals surface area contributed by atoms with E-state index in [1.807, 2.05) is 0 Å². The molecule has 1 heterocycles. The second kappa shape index (κ2) is 6.33. The Bertz CT molecular complexity index is 800. The van der Waals surface area contributed by atoms with Gasteiger partial charge in [-0.25, -0.2) is 4.79 Å². The van der Waals surface area contributed by atoms with Gasteiger partial charge in [0.15, 0.2) is 6.10 Å². The van der Waals surface area contributed by atoms with E-state index >= 15 is 0 Å². The molecule has 0 bridgehead atoms. The largest absolute Gasteiger partial charge is 0.477 e. The van der Waals surface area contributed by atoms with Crippen LogP contribution in [0.2, 0.25) is 5.02 Å². The third kappa shape index (κ3) is 2.83. The summed E-state index contributed by atoms with van der Waals surface area (Å²) in [6.45, 7) is 1.43. The number of amides is 2.